The summed E-state index contributed by atoms with van der Waals surface area (Å²) in [6, 6.07) is 0.0438. The Labute approximate surface area is 95.9 Å². The molecule has 2 N–H and O–H groups in total. The smallest absolute Gasteiger partial charge is 0.0851 e. The summed E-state index contributed by atoms with van der Waals surface area (Å²) < 4.78 is 10.6. The Balaban J connectivity index is 1.95. The van der Waals surface area contributed by atoms with Gasteiger partial charge < -0.3 is 10.5 Å². The summed E-state index contributed by atoms with van der Waals surface area (Å²) in [5, 5.41) is 1.97. The first-order valence-corrected chi connectivity index (χ1v) is 6.33. The molecule has 0 amide bonds. The van der Waals surface area contributed by atoms with Crippen molar-refractivity contribution in [3.63, 3.8) is 0 Å². The zero-order valence-electron chi connectivity index (χ0n) is 7.78. The van der Waals surface area contributed by atoms with Gasteiger partial charge in [-0.15, -0.1) is 0 Å². The van der Waals surface area contributed by atoms with Crippen molar-refractivity contribution in [3.05, 3.63) is 15.5 Å². The molecule has 2 rings (SSSR count). The molecule has 0 bridgehead atoms. The largest absolute Gasteiger partial charge is 0.381 e. The van der Waals surface area contributed by atoms with Gasteiger partial charge in [-0.3, -0.25) is 0 Å². The van der Waals surface area contributed by atoms with Crippen molar-refractivity contribution in [2.45, 2.75) is 18.9 Å². The van der Waals surface area contributed by atoms with E-state index < -0.39 is 0 Å². The molecule has 2 unspecified atom stereocenters. The highest BCUT2D eigenvalue weighted by Gasteiger charge is 2.21. The maximum atomic E-state index is 6.08. The Hall–Kier alpha value is 0.0300. The molecule has 0 saturated carbocycles. The van der Waals surface area contributed by atoms with Crippen LogP contribution in [0.15, 0.2) is 9.85 Å². The summed E-state index contributed by atoms with van der Waals surface area (Å²) in [7, 11) is 0. The van der Waals surface area contributed by atoms with Gasteiger partial charge in [0.1, 0.15) is 0 Å². The number of ether oxygens (including phenoxy) is 1. The molecule has 1 aromatic heterocycles. The fraction of sp³-hybridized carbons (Fsp3) is 0.667. The quantitative estimate of drug-likeness (QED) is 0.922. The minimum absolute atomic E-state index is 0.0438. The number of rotatable bonds is 3. The fourth-order valence-corrected chi connectivity index (χ4v) is 3.08. The van der Waals surface area contributed by atoms with E-state index in [9.17, 15) is 0 Å². The molecule has 78 valence electrons. The molecule has 3 nitrogen and oxygen atoms in total. The molecule has 0 spiro atoms. The van der Waals surface area contributed by atoms with Gasteiger partial charge in [0, 0.05) is 24.6 Å². The van der Waals surface area contributed by atoms with Crippen LogP contribution in [-0.2, 0) is 4.74 Å². The van der Waals surface area contributed by atoms with Crippen LogP contribution >= 0.6 is 27.5 Å². The van der Waals surface area contributed by atoms with Crippen molar-refractivity contribution in [1.29, 1.82) is 0 Å². The number of nitrogens with zero attached hydrogens (tertiary/aromatic N) is 1. The van der Waals surface area contributed by atoms with Gasteiger partial charge in [-0.25, -0.2) is 0 Å². The second-order valence-corrected chi connectivity index (χ2v) is 5.10. The Bertz CT molecular complexity index is 299. The summed E-state index contributed by atoms with van der Waals surface area (Å²) in [5.41, 5.74) is 7.07. The number of hydrogen-bond donors (Lipinski definition) is 1. The first-order chi connectivity index (χ1) is 6.77. The standard InChI is InChI=1S/C9H13BrN2OS/c10-7-5-14-12-9(7)8(11)3-6-1-2-13-4-6/h5-6,8H,1-4,11H2. The van der Waals surface area contributed by atoms with Crippen LogP contribution < -0.4 is 5.73 Å². The molecule has 1 aliphatic heterocycles. The van der Waals surface area contributed by atoms with Gasteiger partial charge >= 0.3 is 0 Å². The number of aromatic nitrogens is 1. The number of nitrogens with two attached hydrogens (primary N) is 1. The third-order valence-corrected chi connectivity index (χ3v) is 4.10. The van der Waals surface area contributed by atoms with Crippen LogP contribution in [0.3, 0.4) is 0 Å². The van der Waals surface area contributed by atoms with Crippen LogP contribution in [0.2, 0.25) is 0 Å². The number of halogens is 1. The average Bonchev–Trinajstić information content (AvgIpc) is 2.75. The predicted octanol–water partition coefficient (Wildman–Crippen LogP) is 2.33. The lowest BCUT2D eigenvalue weighted by atomic mass is 9.98. The molecule has 0 aliphatic carbocycles. The lowest BCUT2D eigenvalue weighted by molar-refractivity contribution is 0.182. The third-order valence-electron chi connectivity index (χ3n) is 2.51. The number of hydrogen-bond acceptors (Lipinski definition) is 4. The summed E-state index contributed by atoms with van der Waals surface area (Å²) in [6.45, 7) is 1.74. The van der Waals surface area contributed by atoms with E-state index in [1.807, 2.05) is 5.38 Å². The van der Waals surface area contributed by atoms with Crippen molar-refractivity contribution >= 4 is 27.5 Å². The molecular formula is C9H13BrN2OS. The van der Waals surface area contributed by atoms with Crippen LogP contribution in [0, 0.1) is 5.92 Å². The Morgan fingerprint density at radius 3 is 3.21 bits per heavy atom. The van der Waals surface area contributed by atoms with E-state index in [1.165, 1.54) is 11.5 Å². The van der Waals surface area contributed by atoms with Crippen LogP contribution in [0.1, 0.15) is 24.6 Å². The minimum Gasteiger partial charge on any atom is -0.381 e. The first-order valence-electron chi connectivity index (χ1n) is 4.70. The monoisotopic (exact) mass is 276 g/mol. The molecule has 1 saturated heterocycles. The zero-order valence-corrected chi connectivity index (χ0v) is 10.2. The lowest BCUT2D eigenvalue weighted by Gasteiger charge is -2.13. The predicted molar refractivity (Wildman–Crippen MR) is 60.3 cm³/mol. The van der Waals surface area contributed by atoms with Crippen molar-refractivity contribution in [1.82, 2.24) is 4.37 Å². The van der Waals surface area contributed by atoms with Crippen molar-refractivity contribution in [2.75, 3.05) is 13.2 Å². The van der Waals surface area contributed by atoms with Crippen molar-refractivity contribution in [3.8, 4) is 0 Å². The SMILES string of the molecule is NC(CC1CCOC1)c1nscc1Br. The molecule has 5 heteroatoms. The van der Waals surface area contributed by atoms with Gasteiger partial charge in [0.2, 0.25) is 0 Å². The Morgan fingerprint density at radius 2 is 2.64 bits per heavy atom. The van der Waals surface area contributed by atoms with E-state index in [2.05, 4.69) is 20.3 Å². The van der Waals surface area contributed by atoms with Crippen molar-refractivity contribution < 1.29 is 4.74 Å². The summed E-state index contributed by atoms with van der Waals surface area (Å²) in [5.74, 6) is 0.610. The molecular weight excluding hydrogens is 264 g/mol. The normalized spacial score (nSPS) is 24.0. The van der Waals surface area contributed by atoms with Crippen LogP contribution in [-0.4, -0.2) is 17.6 Å². The van der Waals surface area contributed by atoms with E-state index >= 15 is 0 Å². The van der Waals surface area contributed by atoms with E-state index in [-0.39, 0.29) is 6.04 Å². The van der Waals surface area contributed by atoms with E-state index in [0.717, 1.165) is 36.2 Å². The van der Waals surface area contributed by atoms with Gasteiger partial charge in [0.25, 0.3) is 0 Å². The summed E-state index contributed by atoms with van der Waals surface area (Å²) in [6.07, 6.45) is 2.11. The van der Waals surface area contributed by atoms with Gasteiger partial charge in [-0.2, -0.15) is 4.37 Å². The van der Waals surface area contributed by atoms with E-state index in [4.69, 9.17) is 10.5 Å². The average molecular weight is 277 g/mol. The molecule has 0 radical (unpaired) electrons. The van der Waals surface area contributed by atoms with E-state index in [0.29, 0.717) is 5.92 Å². The molecule has 1 fully saturated rings. The van der Waals surface area contributed by atoms with E-state index in [1.54, 1.807) is 0 Å². The second kappa shape index (κ2) is 4.70. The maximum absolute atomic E-state index is 6.08. The summed E-state index contributed by atoms with van der Waals surface area (Å²) in [4.78, 5) is 0. The van der Waals surface area contributed by atoms with Crippen molar-refractivity contribution in [2.24, 2.45) is 11.7 Å². The second-order valence-electron chi connectivity index (χ2n) is 3.62. The third kappa shape index (κ3) is 2.34. The first kappa shape index (κ1) is 10.5. The highest BCUT2D eigenvalue weighted by atomic mass is 79.9. The highest BCUT2D eigenvalue weighted by molar-refractivity contribution is 9.10. The zero-order chi connectivity index (χ0) is 9.97. The van der Waals surface area contributed by atoms with Gasteiger partial charge in [-0.1, -0.05) is 0 Å². The lowest BCUT2D eigenvalue weighted by Crippen LogP contribution is -2.16. The minimum atomic E-state index is 0.0438. The molecule has 1 aliphatic rings. The van der Waals surface area contributed by atoms with Gasteiger partial charge in [-0.05, 0) is 46.2 Å². The molecule has 1 aromatic rings. The van der Waals surface area contributed by atoms with Crippen LogP contribution in [0.5, 0.6) is 0 Å². The van der Waals surface area contributed by atoms with Crippen LogP contribution in [0.4, 0.5) is 0 Å². The molecule has 14 heavy (non-hydrogen) atoms. The maximum Gasteiger partial charge on any atom is 0.0851 e. The fourth-order valence-electron chi connectivity index (χ4n) is 1.72. The Kier molecular flexibility index (Phi) is 3.54. The van der Waals surface area contributed by atoms with Gasteiger partial charge in [0.15, 0.2) is 0 Å². The molecule has 2 heterocycles. The topological polar surface area (TPSA) is 48.1 Å². The van der Waals surface area contributed by atoms with Gasteiger partial charge in [0.05, 0.1) is 10.2 Å². The van der Waals surface area contributed by atoms with Crippen LogP contribution in [0.25, 0.3) is 0 Å². The highest BCUT2D eigenvalue weighted by Crippen LogP contribution is 2.29. The summed E-state index contributed by atoms with van der Waals surface area (Å²) >= 11 is 4.90. The molecule has 0 aromatic carbocycles. The molecule has 2 atom stereocenters. The Morgan fingerprint density at radius 1 is 1.79 bits per heavy atom.